The fourth-order valence-electron chi connectivity index (χ4n) is 2.96. The summed E-state index contributed by atoms with van der Waals surface area (Å²) < 4.78 is 20.2. The molecule has 3 rings (SSSR count). The number of aromatic nitrogens is 3. The first-order valence-electron chi connectivity index (χ1n) is 9.81. The van der Waals surface area contributed by atoms with E-state index in [-0.39, 0.29) is 17.6 Å². The van der Waals surface area contributed by atoms with Crippen molar-refractivity contribution in [2.45, 2.75) is 25.0 Å². The summed E-state index contributed by atoms with van der Waals surface area (Å²) in [6.07, 6.45) is 0. The van der Waals surface area contributed by atoms with Crippen molar-refractivity contribution in [2.75, 3.05) is 18.2 Å². The van der Waals surface area contributed by atoms with E-state index in [4.69, 9.17) is 4.74 Å². The second-order valence-corrected chi connectivity index (χ2v) is 8.06. The molecule has 0 saturated carbocycles. The van der Waals surface area contributed by atoms with Gasteiger partial charge in [-0.05, 0) is 55.8 Å². The van der Waals surface area contributed by atoms with Crippen LogP contribution >= 0.6 is 11.8 Å². The van der Waals surface area contributed by atoms with E-state index in [1.807, 2.05) is 0 Å². The van der Waals surface area contributed by atoms with Gasteiger partial charge >= 0.3 is 0 Å². The molecule has 8 nitrogen and oxygen atoms in total. The van der Waals surface area contributed by atoms with Crippen LogP contribution in [-0.2, 0) is 11.8 Å². The van der Waals surface area contributed by atoms with Crippen molar-refractivity contribution in [3.63, 3.8) is 0 Å². The second kappa shape index (κ2) is 10.3. The van der Waals surface area contributed by atoms with Crippen molar-refractivity contribution in [1.82, 2.24) is 20.1 Å². The maximum atomic E-state index is 13.4. The number of nitrogens with zero attached hydrogens (tertiary/aromatic N) is 3. The summed E-state index contributed by atoms with van der Waals surface area (Å²) in [5, 5.41) is 14.4. The molecule has 0 aliphatic heterocycles. The average Bonchev–Trinajstić information content (AvgIpc) is 3.15. The smallest absolute Gasteiger partial charge is 0.251 e. The molecule has 10 heteroatoms. The molecule has 0 spiro atoms. The number of ether oxygens (including phenoxy) is 1. The number of carbonyl (C=O) groups is 2. The zero-order valence-electron chi connectivity index (χ0n) is 18.2. The van der Waals surface area contributed by atoms with Gasteiger partial charge in [-0.3, -0.25) is 9.59 Å². The van der Waals surface area contributed by atoms with Crippen molar-refractivity contribution in [3.8, 4) is 5.75 Å². The Labute approximate surface area is 189 Å². The number of amides is 2. The van der Waals surface area contributed by atoms with Gasteiger partial charge in [-0.1, -0.05) is 17.8 Å². The van der Waals surface area contributed by atoms with E-state index in [1.54, 1.807) is 62.9 Å². The molecule has 0 fully saturated rings. The van der Waals surface area contributed by atoms with Crippen molar-refractivity contribution >= 4 is 29.3 Å². The molecule has 32 heavy (non-hydrogen) atoms. The number of aryl methyl sites for hydroxylation is 1. The number of thioether (sulfide) groups is 1. The van der Waals surface area contributed by atoms with Crippen LogP contribution in [0.25, 0.3) is 0 Å². The van der Waals surface area contributed by atoms with Gasteiger partial charge in [-0.15, -0.1) is 10.2 Å². The second-order valence-electron chi connectivity index (χ2n) is 7.12. The number of methoxy groups -OCH3 is 1. The van der Waals surface area contributed by atoms with E-state index >= 15 is 0 Å². The molecule has 2 aromatic carbocycles. The Kier molecular flexibility index (Phi) is 7.47. The van der Waals surface area contributed by atoms with Crippen molar-refractivity contribution in [2.24, 2.45) is 7.05 Å². The number of hydrogen-bond acceptors (Lipinski definition) is 6. The van der Waals surface area contributed by atoms with Gasteiger partial charge in [0.1, 0.15) is 11.6 Å². The summed E-state index contributed by atoms with van der Waals surface area (Å²) in [4.78, 5) is 24.8. The summed E-state index contributed by atoms with van der Waals surface area (Å²) in [5.41, 5.74) is 1.70. The van der Waals surface area contributed by atoms with Crippen LogP contribution in [-0.4, -0.2) is 39.4 Å². The highest BCUT2D eigenvalue weighted by molar-refractivity contribution is 7.99. The minimum atomic E-state index is -0.415. The summed E-state index contributed by atoms with van der Waals surface area (Å²) in [7, 11) is 3.33. The molecule has 0 aliphatic rings. The van der Waals surface area contributed by atoms with Crippen LogP contribution in [0.1, 0.15) is 34.7 Å². The minimum Gasteiger partial charge on any atom is -0.497 e. The van der Waals surface area contributed by atoms with E-state index in [1.165, 1.54) is 23.9 Å². The van der Waals surface area contributed by atoms with Crippen LogP contribution in [0, 0.1) is 12.7 Å². The molecular formula is C22H24FN5O3S. The first-order valence-corrected chi connectivity index (χ1v) is 10.8. The van der Waals surface area contributed by atoms with Gasteiger partial charge in [0.05, 0.1) is 18.9 Å². The van der Waals surface area contributed by atoms with Gasteiger partial charge < -0.3 is 19.9 Å². The lowest BCUT2D eigenvalue weighted by Gasteiger charge is -2.14. The highest BCUT2D eigenvalue weighted by atomic mass is 32.2. The van der Waals surface area contributed by atoms with Crippen LogP contribution < -0.4 is 15.4 Å². The maximum absolute atomic E-state index is 13.4. The maximum Gasteiger partial charge on any atom is 0.251 e. The Morgan fingerprint density at radius 1 is 1.19 bits per heavy atom. The molecule has 1 heterocycles. The predicted molar refractivity (Wildman–Crippen MR) is 120 cm³/mol. The van der Waals surface area contributed by atoms with E-state index in [0.717, 1.165) is 5.56 Å². The predicted octanol–water partition coefficient (Wildman–Crippen LogP) is 3.49. The Hall–Kier alpha value is -3.40. The number of nitrogens with one attached hydrogen (secondary N) is 2. The first-order chi connectivity index (χ1) is 15.3. The highest BCUT2D eigenvalue weighted by Gasteiger charge is 2.19. The third kappa shape index (κ3) is 5.64. The normalized spacial score (nSPS) is 11.7. The third-order valence-electron chi connectivity index (χ3n) is 4.76. The van der Waals surface area contributed by atoms with Crippen LogP contribution in [0.5, 0.6) is 5.75 Å². The van der Waals surface area contributed by atoms with Gasteiger partial charge in [0.2, 0.25) is 5.91 Å². The zero-order chi connectivity index (χ0) is 23.3. The van der Waals surface area contributed by atoms with E-state index in [9.17, 15) is 14.0 Å². The topological polar surface area (TPSA) is 98.1 Å². The fraction of sp³-hybridized carbons (Fsp3) is 0.273. The van der Waals surface area contributed by atoms with Gasteiger partial charge in [0.15, 0.2) is 11.0 Å². The zero-order valence-corrected chi connectivity index (χ0v) is 19.0. The molecule has 2 N–H and O–H groups in total. The Morgan fingerprint density at radius 2 is 1.91 bits per heavy atom. The van der Waals surface area contributed by atoms with Crippen LogP contribution in [0.2, 0.25) is 0 Å². The molecule has 0 aliphatic carbocycles. The molecule has 3 aromatic rings. The minimum absolute atomic E-state index is 0.0779. The molecule has 0 bridgehead atoms. The molecule has 168 valence electrons. The van der Waals surface area contributed by atoms with Crippen molar-refractivity contribution < 1.29 is 18.7 Å². The quantitative estimate of drug-likeness (QED) is 0.503. The average molecular weight is 458 g/mol. The SMILES string of the molecule is COc1ccc(C(=O)N[C@H](C)c2nnc(SCC(=O)Nc3cc(F)ccc3C)n2C)cc1. The van der Waals surface area contributed by atoms with Gasteiger partial charge in [-0.25, -0.2) is 4.39 Å². The number of hydrogen-bond donors (Lipinski definition) is 2. The van der Waals surface area contributed by atoms with E-state index in [0.29, 0.717) is 28.0 Å². The lowest BCUT2D eigenvalue weighted by atomic mass is 10.2. The first kappa shape index (κ1) is 23.3. The summed E-state index contributed by atoms with van der Waals surface area (Å²) >= 11 is 1.20. The van der Waals surface area contributed by atoms with Crippen molar-refractivity contribution in [1.29, 1.82) is 0 Å². The van der Waals surface area contributed by atoms with Crippen molar-refractivity contribution in [3.05, 3.63) is 65.2 Å². The Bertz CT molecular complexity index is 1120. The third-order valence-corrected chi connectivity index (χ3v) is 5.78. The summed E-state index contributed by atoms with van der Waals surface area (Å²) in [6.45, 7) is 3.60. The molecule has 0 unspecified atom stereocenters. The molecule has 2 amide bonds. The fourth-order valence-corrected chi connectivity index (χ4v) is 3.68. The standard InChI is InChI=1S/C22H24FN5O3S/c1-13-5-8-16(23)11-18(13)25-19(29)12-32-22-27-26-20(28(22)3)14(2)24-21(30)15-6-9-17(31-4)10-7-15/h5-11,14H,12H2,1-4H3,(H,24,30)(H,25,29)/t14-/m1/s1. The van der Waals surface area contributed by atoms with Gasteiger partial charge in [0, 0.05) is 18.3 Å². The molecule has 1 aromatic heterocycles. The van der Waals surface area contributed by atoms with Crippen LogP contribution in [0.3, 0.4) is 0 Å². The number of halogens is 1. The highest BCUT2D eigenvalue weighted by Crippen LogP contribution is 2.21. The molecule has 1 atom stereocenters. The Morgan fingerprint density at radius 3 is 2.59 bits per heavy atom. The van der Waals surface area contributed by atoms with Crippen LogP contribution in [0.15, 0.2) is 47.6 Å². The largest absolute Gasteiger partial charge is 0.497 e. The monoisotopic (exact) mass is 457 g/mol. The molecule has 0 saturated heterocycles. The molecule has 0 radical (unpaired) electrons. The molecular weight excluding hydrogens is 433 g/mol. The van der Waals surface area contributed by atoms with Gasteiger partial charge in [-0.2, -0.15) is 0 Å². The lowest BCUT2D eigenvalue weighted by Crippen LogP contribution is -2.28. The number of carbonyl (C=O) groups excluding carboxylic acids is 2. The number of anilines is 1. The van der Waals surface area contributed by atoms with E-state index in [2.05, 4.69) is 20.8 Å². The van der Waals surface area contributed by atoms with Crippen LogP contribution in [0.4, 0.5) is 10.1 Å². The van der Waals surface area contributed by atoms with E-state index < -0.39 is 11.9 Å². The number of benzene rings is 2. The summed E-state index contributed by atoms with van der Waals surface area (Å²) in [6, 6.07) is 10.6. The Balaban J connectivity index is 1.58. The lowest BCUT2D eigenvalue weighted by molar-refractivity contribution is -0.113. The van der Waals surface area contributed by atoms with Gasteiger partial charge in [0.25, 0.3) is 5.91 Å². The number of rotatable bonds is 8. The summed E-state index contributed by atoms with van der Waals surface area (Å²) in [5.74, 6) is 0.351.